The summed E-state index contributed by atoms with van der Waals surface area (Å²) in [6.45, 7) is 2.11. The van der Waals surface area contributed by atoms with E-state index >= 15 is 0 Å². The van der Waals surface area contributed by atoms with E-state index in [4.69, 9.17) is 5.73 Å². The number of carbonyl (C=O) groups is 1. The van der Waals surface area contributed by atoms with Crippen molar-refractivity contribution in [1.82, 2.24) is 9.88 Å². The van der Waals surface area contributed by atoms with Gasteiger partial charge in [-0.15, -0.1) is 11.3 Å². The van der Waals surface area contributed by atoms with Crippen molar-refractivity contribution in [1.29, 1.82) is 0 Å². The van der Waals surface area contributed by atoms with Crippen LogP contribution in [0.1, 0.15) is 21.7 Å². The SMILES string of the molecule is C[N+]1(CC(=O)N2CCc3nc(N)sc3CC2)CC=C(c2ccc(F)cc2)C=C1c1ccc(F)cc1. The monoisotopic (exact) mass is 493 g/mol. The number of nitrogens with two attached hydrogens (primary N) is 1. The first-order valence-corrected chi connectivity index (χ1v) is 12.4. The molecular formula is C27H27F2N4OS+. The lowest BCUT2D eigenvalue weighted by atomic mass is 9.96. The highest BCUT2D eigenvalue weighted by Crippen LogP contribution is 2.35. The van der Waals surface area contributed by atoms with Crippen LogP contribution in [0.15, 0.2) is 60.7 Å². The number of nitrogens with zero attached hydrogens (tertiary/aromatic N) is 3. The topological polar surface area (TPSA) is 59.2 Å². The molecule has 5 rings (SSSR count). The van der Waals surface area contributed by atoms with Crippen molar-refractivity contribution in [3.63, 3.8) is 0 Å². The fraction of sp³-hybridized carbons (Fsp3) is 0.259. The van der Waals surface area contributed by atoms with Gasteiger partial charge in [-0.3, -0.25) is 9.28 Å². The van der Waals surface area contributed by atoms with Gasteiger partial charge in [0, 0.05) is 42.4 Å². The van der Waals surface area contributed by atoms with Crippen LogP contribution >= 0.6 is 11.3 Å². The molecule has 0 radical (unpaired) electrons. The number of benzene rings is 2. The molecule has 1 aromatic heterocycles. The van der Waals surface area contributed by atoms with Crippen LogP contribution in [0.4, 0.5) is 13.9 Å². The molecule has 0 spiro atoms. The number of amides is 1. The molecule has 2 aromatic carbocycles. The first-order chi connectivity index (χ1) is 16.8. The molecule has 0 saturated carbocycles. The van der Waals surface area contributed by atoms with Gasteiger partial charge in [0.1, 0.15) is 23.9 Å². The number of thiazole rings is 1. The van der Waals surface area contributed by atoms with Gasteiger partial charge in [0.2, 0.25) is 0 Å². The Morgan fingerprint density at radius 1 is 1.03 bits per heavy atom. The molecule has 0 saturated heterocycles. The Balaban J connectivity index is 1.41. The molecule has 1 atom stereocenters. The van der Waals surface area contributed by atoms with Crippen molar-refractivity contribution in [3.8, 4) is 0 Å². The molecule has 5 nitrogen and oxygen atoms in total. The number of halogens is 2. The summed E-state index contributed by atoms with van der Waals surface area (Å²) in [5.74, 6) is -0.526. The molecule has 2 aliphatic heterocycles. The van der Waals surface area contributed by atoms with Crippen LogP contribution < -0.4 is 5.73 Å². The Hall–Kier alpha value is -3.36. The maximum atomic E-state index is 13.7. The lowest BCUT2D eigenvalue weighted by molar-refractivity contribution is -0.825. The predicted molar refractivity (Wildman–Crippen MR) is 135 cm³/mol. The molecular weight excluding hydrogens is 466 g/mol. The molecule has 1 amide bonds. The van der Waals surface area contributed by atoms with E-state index in [1.165, 1.54) is 35.6 Å². The van der Waals surface area contributed by atoms with Gasteiger partial charge in [-0.2, -0.15) is 0 Å². The van der Waals surface area contributed by atoms with E-state index in [0.29, 0.717) is 35.7 Å². The number of hydrogen-bond acceptors (Lipinski definition) is 4. The number of anilines is 1. The molecule has 2 N–H and O–H groups in total. The summed E-state index contributed by atoms with van der Waals surface area (Å²) >= 11 is 1.50. The maximum absolute atomic E-state index is 13.7. The maximum Gasteiger partial charge on any atom is 0.278 e. The third-order valence-electron chi connectivity index (χ3n) is 6.76. The molecule has 3 aromatic rings. The molecule has 8 heteroatoms. The molecule has 2 aliphatic rings. The highest BCUT2D eigenvalue weighted by atomic mass is 32.1. The van der Waals surface area contributed by atoms with Gasteiger partial charge in [-0.25, -0.2) is 13.8 Å². The number of carbonyl (C=O) groups excluding carboxylic acids is 1. The Morgan fingerprint density at radius 3 is 2.34 bits per heavy atom. The summed E-state index contributed by atoms with van der Waals surface area (Å²) in [6, 6.07) is 12.7. The molecule has 180 valence electrons. The molecule has 0 fully saturated rings. The van der Waals surface area contributed by atoms with Gasteiger partial charge in [-0.05, 0) is 53.6 Å². The smallest absolute Gasteiger partial charge is 0.278 e. The zero-order valence-corrected chi connectivity index (χ0v) is 20.3. The van der Waals surface area contributed by atoms with Crippen LogP contribution in [0.3, 0.4) is 0 Å². The minimum Gasteiger partial charge on any atom is -0.375 e. The lowest BCUT2D eigenvalue weighted by Gasteiger charge is -2.38. The summed E-state index contributed by atoms with van der Waals surface area (Å²) in [5, 5.41) is 0.582. The van der Waals surface area contributed by atoms with Crippen LogP contribution in [-0.2, 0) is 17.6 Å². The van der Waals surface area contributed by atoms with Crippen molar-refractivity contribution < 1.29 is 18.1 Å². The zero-order chi connectivity index (χ0) is 24.6. The number of likely N-dealkylation sites (N-methyl/N-ethyl adjacent to an activating group) is 1. The Morgan fingerprint density at radius 2 is 1.66 bits per heavy atom. The van der Waals surface area contributed by atoms with E-state index < -0.39 is 0 Å². The van der Waals surface area contributed by atoms with Crippen molar-refractivity contribution in [2.24, 2.45) is 0 Å². The lowest BCUT2D eigenvalue weighted by Crippen LogP contribution is -2.51. The van der Waals surface area contributed by atoms with Crippen molar-refractivity contribution >= 4 is 33.6 Å². The molecule has 3 heterocycles. The number of quaternary nitrogens is 1. The van der Waals surface area contributed by atoms with Crippen molar-refractivity contribution in [2.45, 2.75) is 12.8 Å². The van der Waals surface area contributed by atoms with E-state index in [1.807, 2.05) is 18.0 Å². The molecule has 35 heavy (non-hydrogen) atoms. The summed E-state index contributed by atoms with van der Waals surface area (Å²) in [5.41, 5.74) is 10.5. The van der Waals surface area contributed by atoms with Gasteiger partial charge in [0.15, 0.2) is 11.7 Å². The minimum atomic E-state index is -0.309. The predicted octanol–water partition coefficient (Wildman–Crippen LogP) is 4.52. The Kier molecular flexibility index (Phi) is 6.25. The average Bonchev–Trinajstić information content (AvgIpc) is 3.08. The minimum absolute atomic E-state index is 0.0715. The standard InChI is InChI=1S/C27H27F2N4OS/c1-33(17-26(34)32-13-10-23-25(11-14-32)35-27(30)31-23)15-12-20(18-2-6-21(28)7-3-18)16-24(33)19-4-8-22(29)9-5-19/h2-9,12,16H,10-11,13-15,17H2,1H3,(H2,30,31)/q+1. The summed E-state index contributed by atoms with van der Waals surface area (Å²) in [4.78, 5) is 21.0. The normalized spacial score (nSPS) is 20.0. The number of aromatic nitrogens is 1. The van der Waals surface area contributed by atoms with Gasteiger partial charge >= 0.3 is 0 Å². The first kappa shape index (κ1) is 23.4. The molecule has 0 aliphatic carbocycles. The third-order valence-corrected chi connectivity index (χ3v) is 7.75. The number of nitrogen functional groups attached to an aromatic ring is 1. The zero-order valence-electron chi connectivity index (χ0n) is 19.5. The highest BCUT2D eigenvalue weighted by molar-refractivity contribution is 7.15. The average molecular weight is 494 g/mol. The second kappa shape index (κ2) is 9.36. The number of rotatable bonds is 4. The summed E-state index contributed by atoms with van der Waals surface area (Å²) in [7, 11) is 2.03. The quantitative estimate of drug-likeness (QED) is 0.544. The number of allylic oxidation sites excluding steroid dienone is 2. The van der Waals surface area contributed by atoms with E-state index in [0.717, 1.165) is 39.4 Å². The number of hydrogen-bond donors (Lipinski definition) is 1. The van der Waals surface area contributed by atoms with Crippen LogP contribution in [0.25, 0.3) is 11.3 Å². The van der Waals surface area contributed by atoms with Gasteiger partial charge in [-0.1, -0.05) is 12.1 Å². The van der Waals surface area contributed by atoms with Crippen LogP contribution in [0.5, 0.6) is 0 Å². The summed E-state index contributed by atoms with van der Waals surface area (Å²) in [6.07, 6.45) is 5.58. The van der Waals surface area contributed by atoms with Crippen molar-refractivity contribution in [3.05, 3.63) is 94.0 Å². The van der Waals surface area contributed by atoms with Crippen LogP contribution in [-0.4, -0.2) is 53.5 Å². The Bertz CT molecular complexity index is 1290. The Labute approximate surface area is 207 Å². The van der Waals surface area contributed by atoms with E-state index in [9.17, 15) is 13.6 Å². The molecule has 1 unspecified atom stereocenters. The highest BCUT2D eigenvalue weighted by Gasteiger charge is 2.36. The van der Waals surface area contributed by atoms with Gasteiger partial charge < -0.3 is 10.6 Å². The van der Waals surface area contributed by atoms with Gasteiger partial charge in [0.25, 0.3) is 5.91 Å². The van der Waals surface area contributed by atoms with Crippen LogP contribution in [0.2, 0.25) is 0 Å². The summed E-state index contributed by atoms with van der Waals surface area (Å²) < 4.78 is 27.5. The first-order valence-electron chi connectivity index (χ1n) is 11.6. The fourth-order valence-electron chi connectivity index (χ4n) is 4.80. The second-order valence-corrected chi connectivity index (χ2v) is 10.4. The molecule has 0 bridgehead atoms. The van der Waals surface area contributed by atoms with Crippen LogP contribution in [0, 0.1) is 11.6 Å². The van der Waals surface area contributed by atoms with E-state index in [2.05, 4.69) is 11.1 Å². The van der Waals surface area contributed by atoms with Crippen molar-refractivity contribution in [2.75, 3.05) is 39.0 Å². The van der Waals surface area contributed by atoms with Gasteiger partial charge in [0.05, 0.1) is 12.7 Å². The largest absolute Gasteiger partial charge is 0.375 e. The van der Waals surface area contributed by atoms with E-state index in [1.54, 1.807) is 24.3 Å². The number of fused-ring (bicyclic) bond motifs is 1. The van der Waals surface area contributed by atoms with E-state index in [-0.39, 0.29) is 24.1 Å². The third kappa shape index (κ3) is 4.90. The fourth-order valence-corrected chi connectivity index (χ4v) is 5.67. The second-order valence-electron chi connectivity index (χ2n) is 9.24.